The van der Waals surface area contributed by atoms with E-state index in [4.69, 9.17) is 11.6 Å². The van der Waals surface area contributed by atoms with Crippen molar-refractivity contribution in [3.05, 3.63) is 80.1 Å². The average Bonchev–Trinajstić information content (AvgIpc) is 3.40. The molecule has 10 heteroatoms. The van der Waals surface area contributed by atoms with Gasteiger partial charge in [0.15, 0.2) is 5.69 Å². The summed E-state index contributed by atoms with van der Waals surface area (Å²) in [6.45, 7) is 8.64. The van der Waals surface area contributed by atoms with Crippen LogP contribution in [0.25, 0.3) is 0 Å². The molecule has 166 valence electrons. The summed E-state index contributed by atoms with van der Waals surface area (Å²) in [5.74, 6) is -0.290. The van der Waals surface area contributed by atoms with Crippen molar-refractivity contribution in [2.75, 3.05) is 5.32 Å². The monoisotopic (exact) mass is 515 g/mol. The first kappa shape index (κ1) is 22.3. The Morgan fingerprint density at radius 1 is 1.00 bits per heavy atom. The molecule has 0 aliphatic carbocycles. The minimum atomic E-state index is -0.290. The first-order chi connectivity index (χ1) is 15.2. The number of anilines is 1. The lowest BCUT2D eigenvalue weighted by molar-refractivity contribution is 0.102. The first-order valence-corrected chi connectivity index (χ1v) is 11.2. The van der Waals surface area contributed by atoms with Crippen LogP contribution in [0.1, 0.15) is 38.8 Å². The molecule has 1 aromatic carbocycles. The second-order valence-electron chi connectivity index (χ2n) is 7.62. The number of aryl methyl sites for hydroxylation is 2. The maximum Gasteiger partial charge on any atom is 0.276 e. The summed E-state index contributed by atoms with van der Waals surface area (Å²) in [5.41, 5.74) is 5.46. The second kappa shape index (κ2) is 8.91. The molecule has 8 nitrogen and oxygen atoms in total. The molecule has 0 bridgehead atoms. The summed E-state index contributed by atoms with van der Waals surface area (Å²) in [4.78, 5) is 12.9. The van der Waals surface area contributed by atoms with Crippen LogP contribution in [0, 0.1) is 27.7 Å². The van der Waals surface area contributed by atoms with Gasteiger partial charge in [-0.15, -0.1) is 0 Å². The van der Waals surface area contributed by atoms with Gasteiger partial charge >= 0.3 is 0 Å². The molecule has 0 saturated heterocycles. The lowest BCUT2D eigenvalue weighted by atomic mass is 10.2. The number of amides is 1. The molecule has 4 rings (SSSR count). The van der Waals surface area contributed by atoms with Crippen LogP contribution >= 0.6 is 27.5 Å². The number of aromatic nitrogens is 6. The summed E-state index contributed by atoms with van der Waals surface area (Å²) >= 11 is 9.81. The number of nitrogens with zero attached hydrogens (tertiary/aromatic N) is 6. The van der Waals surface area contributed by atoms with Crippen molar-refractivity contribution in [1.29, 1.82) is 0 Å². The van der Waals surface area contributed by atoms with Crippen LogP contribution in [0.4, 0.5) is 5.69 Å². The molecule has 0 aliphatic rings. The van der Waals surface area contributed by atoms with Crippen LogP contribution in [0.5, 0.6) is 0 Å². The van der Waals surface area contributed by atoms with Gasteiger partial charge in [0.25, 0.3) is 5.91 Å². The van der Waals surface area contributed by atoms with Gasteiger partial charge in [0.1, 0.15) is 6.67 Å². The van der Waals surface area contributed by atoms with Crippen LogP contribution in [0.3, 0.4) is 0 Å². The Balaban J connectivity index is 1.49. The van der Waals surface area contributed by atoms with Crippen molar-refractivity contribution < 1.29 is 4.79 Å². The zero-order valence-corrected chi connectivity index (χ0v) is 20.6. The van der Waals surface area contributed by atoms with Gasteiger partial charge in [0, 0.05) is 11.2 Å². The highest BCUT2D eigenvalue weighted by Crippen LogP contribution is 2.23. The minimum Gasteiger partial charge on any atom is -0.317 e. The molecule has 0 unspecified atom stereocenters. The Morgan fingerprint density at radius 3 is 2.41 bits per heavy atom. The normalized spacial score (nSPS) is 11.2. The predicted octanol–water partition coefficient (Wildman–Crippen LogP) is 4.73. The Bertz CT molecular complexity index is 1300. The summed E-state index contributed by atoms with van der Waals surface area (Å²) in [6.07, 6.45) is 1.76. The third kappa shape index (κ3) is 4.35. The van der Waals surface area contributed by atoms with Crippen LogP contribution < -0.4 is 5.32 Å². The van der Waals surface area contributed by atoms with E-state index in [1.807, 2.05) is 61.3 Å². The number of rotatable bonds is 6. The number of halogens is 2. The number of carbonyl (C=O) groups is 1. The average molecular weight is 517 g/mol. The Hall–Kier alpha value is -2.91. The maximum atomic E-state index is 12.9. The highest BCUT2D eigenvalue weighted by molar-refractivity contribution is 9.10. The number of hydrogen-bond donors (Lipinski definition) is 1. The summed E-state index contributed by atoms with van der Waals surface area (Å²) in [5, 5.41) is 17.1. The van der Waals surface area contributed by atoms with Gasteiger partial charge in [-0.2, -0.15) is 15.3 Å². The minimum absolute atomic E-state index is 0.290. The Morgan fingerprint density at radius 2 is 1.72 bits per heavy atom. The molecule has 0 atom stereocenters. The smallest absolute Gasteiger partial charge is 0.276 e. The van der Waals surface area contributed by atoms with Crippen molar-refractivity contribution in [3.63, 3.8) is 0 Å². The van der Waals surface area contributed by atoms with Crippen molar-refractivity contribution in [2.24, 2.45) is 0 Å². The number of nitrogens with one attached hydrogen (secondary N) is 1. The van der Waals surface area contributed by atoms with Crippen molar-refractivity contribution in [2.45, 2.75) is 40.9 Å². The molecule has 0 saturated carbocycles. The van der Waals surface area contributed by atoms with Crippen LogP contribution in [-0.4, -0.2) is 35.2 Å². The van der Waals surface area contributed by atoms with E-state index in [1.54, 1.807) is 16.9 Å². The van der Waals surface area contributed by atoms with Gasteiger partial charge in [-0.1, -0.05) is 29.8 Å². The topological polar surface area (TPSA) is 82.6 Å². The molecule has 0 aliphatic heterocycles. The fourth-order valence-corrected chi connectivity index (χ4v) is 3.99. The molecule has 0 radical (unpaired) electrons. The molecule has 4 aromatic rings. The third-order valence-corrected chi connectivity index (χ3v) is 6.86. The molecule has 1 amide bonds. The van der Waals surface area contributed by atoms with Gasteiger partial charge in [0.05, 0.1) is 39.5 Å². The van der Waals surface area contributed by atoms with E-state index in [9.17, 15) is 4.79 Å². The van der Waals surface area contributed by atoms with Gasteiger partial charge in [-0.3, -0.25) is 14.2 Å². The van der Waals surface area contributed by atoms with E-state index in [-0.39, 0.29) is 5.91 Å². The summed E-state index contributed by atoms with van der Waals surface area (Å²) in [7, 11) is 0. The summed E-state index contributed by atoms with van der Waals surface area (Å²) < 4.78 is 6.33. The molecular weight excluding hydrogens is 494 g/mol. The number of hydrogen-bond acceptors (Lipinski definition) is 4. The van der Waals surface area contributed by atoms with E-state index >= 15 is 0 Å². The van der Waals surface area contributed by atoms with E-state index in [0.717, 1.165) is 32.8 Å². The van der Waals surface area contributed by atoms with E-state index < -0.39 is 0 Å². The van der Waals surface area contributed by atoms with E-state index in [2.05, 4.69) is 36.5 Å². The lowest BCUT2D eigenvalue weighted by Gasteiger charge is -2.08. The quantitative estimate of drug-likeness (QED) is 0.402. The maximum absolute atomic E-state index is 12.9. The van der Waals surface area contributed by atoms with E-state index in [0.29, 0.717) is 29.6 Å². The molecule has 0 fully saturated rings. The Labute approximate surface area is 199 Å². The molecule has 3 aromatic heterocycles. The second-order valence-corrected chi connectivity index (χ2v) is 8.82. The summed E-state index contributed by atoms with van der Waals surface area (Å²) in [6, 6.07) is 9.34. The van der Waals surface area contributed by atoms with Gasteiger partial charge in [-0.05, 0) is 61.3 Å². The van der Waals surface area contributed by atoms with Crippen LogP contribution in [0.2, 0.25) is 5.02 Å². The van der Waals surface area contributed by atoms with Crippen molar-refractivity contribution >= 4 is 39.1 Å². The van der Waals surface area contributed by atoms with Gasteiger partial charge < -0.3 is 5.32 Å². The van der Waals surface area contributed by atoms with Crippen LogP contribution in [-0.2, 0) is 13.2 Å². The SMILES string of the molecule is Cc1nn(Cn2ccc(C(=O)Nc3c(C)nn(Cc4ccccc4Cl)c3C)n2)c(C)c1Br. The standard InChI is InChI=1S/C22H23BrClN7O/c1-13-20(23)15(3)31(26-13)12-29-10-9-19(28-29)22(32)25-21-14(2)27-30(16(21)4)11-17-7-5-6-8-18(17)24/h5-10H,11-12H2,1-4H3,(H,25,32). The molecule has 3 heterocycles. The highest BCUT2D eigenvalue weighted by atomic mass is 79.9. The largest absolute Gasteiger partial charge is 0.317 e. The van der Waals surface area contributed by atoms with Crippen molar-refractivity contribution in [3.8, 4) is 0 Å². The van der Waals surface area contributed by atoms with Crippen LogP contribution in [0.15, 0.2) is 41.0 Å². The first-order valence-electron chi connectivity index (χ1n) is 10.1. The molecule has 32 heavy (non-hydrogen) atoms. The zero-order chi connectivity index (χ0) is 23.0. The molecular formula is C22H23BrClN7O. The number of carbonyl (C=O) groups excluding carboxylic acids is 1. The number of benzene rings is 1. The Kier molecular flexibility index (Phi) is 6.21. The third-order valence-electron chi connectivity index (χ3n) is 5.34. The van der Waals surface area contributed by atoms with E-state index in [1.165, 1.54) is 0 Å². The molecule has 0 spiro atoms. The fraction of sp³-hybridized carbons (Fsp3) is 0.273. The van der Waals surface area contributed by atoms with Crippen molar-refractivity contribution in [1.82, 2.24) is 29.3 Å². The predicted molar refractivity (Wildman–Crippen MR) is 127 cm³/mol. The lowest BCUT2D eigenvalue weighted by Crippen LogP contribution is -2.16. The highest BCUT2D eigenvalue weighted by Gasteiger charge is 2.18. The van der Waals surface area contributed by atoms with Gasteiger partial charge in [0.2, 0.25) is 0 Å². The van der Waals surface area contributed by atoms with Gasteiger partial charge in [-0.25, -0.2) is 4.68 Å². The molecule has 1 N–H and O–H groups in total. The zero-order valence-electron chi connectivity index (χ0n) is 18.2. The fourth-order valence-electron chi connectivity index (χ4n) is 3.51.